The average molecular weight is 182 g/mol. The van der Waals surface area contributed by atoms with Crippen LogP contribution in [-0.4, -0.2) is 11.2 Å². The van der Waals surface area contributed by atoms with Crippen molar-refractivity contribution in [3.05, 3.63) is 12.7 Å². The lowest BCUT2D eigenvalue weighted by atomic mass is 9.69. The van der Waals surface area contributed by atoms with Gasteiger partial charge in [-0.25, -0.2) is 0 Å². The summed E-state index contributed by atoms with van der Waals surface area (Å²) in [6.07, 6.45) is 5.03. The van der Waals surface area contributed by atoms with Crippen molar-refractivity contribution >= 4 is 0 Å². The van der Waals surface area contributed by atoms with Crippen molar-refractivity contribution in [1.82, 2.24) is 0 Å². The maximum absolute atomic E-state index is 9.83. The van der Waals surface area contributed by atoms with Crippen molar-refractivity contribution in [1.29, 1.82) is 0 Å². The fraction of sp³-hybridized carbons (Fsp3) is 0.833. The highest BCUT2D eigenvalue weighted by Crippen LogP contribution is 2.40. The zero-order valence-corrected chi connectivity index (χ0v) is 9.09. The van der Waals surface area contributed by atoms with Crippen LogP contribution in [0.1, 0.15) is 40.0 Å². The summed E-state index contributed by atoms with van der Waals surface area (Å²) >= 11 is 0. The van der Waals surface area contributed by atoms with E-state index in [0.717, 1.165) is 12.8 Å². The molecule has 3 atom stereocenters. The first-order valence-electron chi connectivity index (χ1n) is 5.25. The quantitative estimate of drug-likeness (QED) is 0.618. The highest BCUT2D eigenvalue weighted by molar-refractivity contribution is 4.92. The van der Waals surface area contributed by atoms with Gasteiger partial charge < -0.3 is 5.11 Å². The Bertz CT molecular complexity index is 178. The minimum absolute atomic E-state index is 0.157. The molecule has 0 aliphatic heterocycles. The first kappa shape index (κ1) is 10.8. The van der Waals surface area contributed by atoms with Crippen LogP contribution in [0, 0.1) is 17.3 Å². The van der Waals surface area contributed by atoms with Crippen LogP contribution in [0.5, 0.6) is 0 Å². The summed E-state index contributed by atoms with van der Waals surface area (Å²) in [7, 11) is 0. The third kappa shape index (κ3) is 2.57. The molecule has 0 heterocycles. The van der Waals surface area contributed by atoms with Crippen LogP contribution < -0.4 is 0 Å². The van der Waals surface area contributed by atoms with Crippen molar-refractivity contribution in [2.45, 2.75) is 46.1 Å². The van der Waals surface area contributed by atoms with Gasteiger partial charge in [-0.15, -0.1) is 6.58 Å². The van der Waals surface area contributed by atoms with Crippen LogP contribution in [0.3, 0.4) is 0 Å². The van der Waals surface area contributed by atoms with Gasteiger partial charge in [0.25, 0.3) is 0 Å². The third-order valence-electron chi connectivity index (χ3n) is 3.40. The Labute approximate surface area is 81.9 Å². The smallest absolute Gasteiger partial charge is 0.0605 e. The summed E-state index contributed by atoms with van der Waals surface area (Å²) < 4.78 is 0. The predicted octanol–water partition coefficient (Wildman–Crippen LogP) is 3.00. The number of rotatable bonds is 1. The van der Waals surface area contributed by atoms with E-state index in [0.29, 0.717) is 17.3 Å². The third-order valence-corrected chi connectivity index (χ3v) is 3.40. The number of hydrogen-bond donors (Lipinski definition) is 1. The molecule has 1 N–H and O–H groups in total. The van der Waals surface area contributed by atoms with E-state index in [1.54, 1.807) is 0 Å². The van der Waals surface area contributed by atoms with Crippen molar-refractivity contribution in [2.75, 3.05) is 0 Å². The van der Waals surface area contributed by atoms with Crippen LogP contribution in [0.4, 0.5) is 0 Å². The SMILES string of the molecule is C=C[C@H]1CC[C@H](C(C)(C)C)C[C@@H]1O. The molecule has 0 radical (unpaired) electrons. The maximum Gasteiger partial charge on any atom is 0.0605 e. The van der Waals surface area contributed by atoms with E-state index in [1.807, 2.05) is 6.08 Å². The highest BCUT2D eigenvalue weighted by atomic mass is 16.3. The van der Waals surface area contributed by atoms with Crippen molar-refractivity contribution in [2.24, 2.45) is 17.3 Å². The minimum Gasteiger partial charge on any atom is -0.393 e. The van der Waals surface area contributed by atoms with Gasteiger partial charge in [0.2, 0.25) is 0 Å². The fourth-order valence-electron chi connectivity index (χ4n) is 2.23. The van der Waals surface area contributed by atoms with E-state index < -0.39 is 0 Å². The molecule has 1 aliphatic rings. The first-order valence-corrected chi connectivity index (χ1v) is 5.25. The highest BCUT2D eigenvalue weighted by Gasteiger charge is 2.33. The van der Waals surface area contributed by atoms with E-state index in [1.165, 1.54) is 6.42 Å². The van der Waals surface area contributed by atoms with Crippen LogP contribution in [0.2, 0.25) is 0 Å². The number of aliphatic hydroxyl groups excluding tert-OH is 1. The second kappa shape index (κ2) is 3.83. The molecule has 0 spiro atoms. The summed E-state index contributed by atoms with van der Waals surface area (Å²) in [4.78, 5) is 0. The molecule has 0 bridgehead atoms. The lowest BCUT2D eigenvalue weighted by Crippen LogP contribution is -2.34. The summed E-state index contributed by atoms with van der Waals surface area (Å²) in [5.74, 6) is 0.997. The molecule has 0 amide bonds. The zero-order valence-electron chi connectivity index (χ0n) is 9.09. The van der Waals surface area contributed by atoms with Gasteiger partial charge in [0.05, 0.1) is 6.10 Å². The first-order chi connectivity index (χ1) is 5.95. The topological polar surface area (TPSA) is 20.2 Å². The van der Waals surface area contributed by atoms with Crippen LogP contribution >= 0.6 is 0 Å². The Kier molecular flexibility index (Phi) is 3.18. The molecule has 0 aromatic carbocycles. The van der Waals surface area contributed by atoms with Gasteiger partial charge in [0.1, 0.15) is 0 Å². The Morgan fingerprint density at radius 2 is 1.92 bits per heavy atom. The lowest BCUT2D eigenvalue weighted by molar-refractivity contribution is 0.0304. The van der Waals surface area contributed by atoms with Gasteiger partial charge in [-0.1, -0.05) is 26.8 Å². The van der Waals surface area contributed by atoms with Crippen molar-refractivity contribution < 1.29 is 5.11 Å². The molecule has 1 aliphatic carbocycles. The molecular weight excluding hydrogens is 160 g/mol. The Hall–Kier alpha value is -0.300. The molecule has 76 valence electrons. The summed E-state index contributed by atoms with van der Waals surface area (Å²) in [5.41, 5.74) is 0.340. The largest absolute Gasteiger partial charge is 0.393 e. The van der Waals surface area contributed by atoms with E-state index in [2.05, 4.69) is 27.4 Å². The van der Waals surface area contributed by atoms with Crippen molar-refractivity contribution in [3.8, 4) is 0 Å². The molecule has 0 saturated heterocycles. The van der Waals surface area contributed by atoms with E-state index in [-0.39, 0.29) is 6.10 Å². The normalized spacial score (nSPS) is 35.8. The lowest BCUT2D eigenvalue weighted by Gasteiger charge is -2.38. The van der Waals surface area contributed by atoms with Gasteiger partial charge in [-0.2, -0.15) is 0 Å². The van der Waals surface area contributed by atoms with Gasteiger partial charge in [-0.05, 0) is 30.6 Å². The van der Waals surface area contributed by atoms with E-state index in [4.69, 9.17) is 0 Å². The molecule has 1 saturated carbocycles. The summed E-state index contributed by atoms with van der Waals surface area (Å²) in [6, 6.07) is 0. The van der Waals surface area contributed by atoms with Crippen molar-refractivity contribution in [3.63, 3.8) is 0 Å². The van der Waals surface area contributed by atoms with Gasteiger partial charge >= 0.3 is 0 Å². The minimum atomic E-state index is -0.157. The second-order valence-electron chi connectivity index (χ2n) is 5.34. The van der Waals surface area contributed by atoms with Gasteiger partial charge in [0, 0.05) is 5.92 Å². The second-order valence-corrected chi connectivity index (χ2v) is 5.34. The number of hydrogen-bond acceptors (Lipinski definition) is 1. The van der Waals surface area contributed by atoms with Gasteiger partial charge in [-0.3, -0.25) is 0 Å². The molecule has 0 aromatic heterocycles. The molecule has 0 unspecified atom stereocenters. The summed E-state index contributed by atoms with van der Waals surface area (Å²) in [6.45, 7) is 10.5. The molecule has 1 nitrogen and oxygen atoms in total. The maximum atomic E-state index is 9.83. The molecule has 1 heteroatoms. The summed E-state index contributed by atoms with van der Waals surface area (Å²) in [5, 5.41) is 9.83. The number of aliphatic hydroxyl groups is 1. The Morgan fingerprint density at radius 1 is 1.31 bits per heavy atom. The zero-order chi connectivity index (χ0) is 10.1. The Morgan fingerprint density at radius 3 is 2.31 bits per heavy atom. The monoisotopic (exact) mass is 182 g/mol. The Balaban J connectivity index is 2.55. The predicted molar refractivity (Wildman–Crippen MR) is 56.5 cm³/mol. The molecular formula is C12H22O. The molecule has 1 rings (SSSR count). The molecule has 1 fully saturated rings. The van der Waals surface area contributed by atoms with E-state index >= 15 is 0 Å². The standard InChI is InChI=1S/C12H22O/c1-5-9-6-7-10(8-11(9)13)12(2,3)4/h5,9-11,13H,1,6-8H2,2-4H3/t9-,10-,11-/m0/s1. The van der Waals surface area contributed by atoms with Crippen LogP contribution in [0.15, 0.2) is 12.7 Å². The molecule has 13 heavy (non-hydrogen) atoms. The average Bonchev–Trinajstić information content (AvgIpc) is 2.02. The fourth-order valence-corrected chi connectivity index (χ4v) is 2.23. The van der Waals surface area contributed by atoms with E-state index in [9.17, 15) is 5.11 Å². The van der Waals surface area contributed by atoms with Crippen LogP contribution in [0.25, 0.3) is 0 Å². The molecule has 0 aromatic rings. The van der Waals surface area contributed by atoms with Gasteiger partial charge in [0.15, 0.2) is 0 Å². The van der Waals surface area contributed by atoms with Crippen LogP contribution in [-0.2, 0) is 0 Å².